The molecule has 0 bridgehead atoms. The number of nitrogens with zero attached hydrogens (tertiary/aromatic N) is 7. The van der Waals surface area contributed by atoms with Crippen LogP contribution in [-0.4, -0.2) is 91.0 Å². The molecule has 3 heterocycles. The number of aromatic amines is 1. The van der Waals surface area contributed by atoms with Crippen LogP contribution < -0.4 is 20.9 Å². The Labute approximate surface area is 257 Å². The first-order valence-electron chi connectivity index (χ1n) is 14.0. The molecule has 0 unspecified atom stereocenters. The van der Waals surface area contributed by atoms with Gasteiger partial charge in [0.1, 0.15) is 6.04 Å². The molecule has 1 atom stereocenters. The van der Waals surface area contributed by atoms with E-state index < -0.39 is 17.6 Å². The van der Waals surface area contributed by atoms with Gasteiger partial charge < -0.3 is 30.4 Å². The van der Waals surface area contributed by atoms with Gasteiger partial charge in [-0.1, -0.05) is 24.3 Å². The molecular weight excluding hydrogens is 580 g/mol. The lowest BCUT2D eigenvalue weighted by Gasteiger charge is -2.34. The number of carbonyl (C=O) groups is 2. The maximum absolute atomic E-state index is 12.7. The topological polar surface area (TPSA) is 202 Å². The molecule has 45 heavy (non-hydrogen) atoms. The smallest absolute Gasteiger partial charge is 0.326 e. The molecule has 230 valence electrons. The van der Waals surface area contributed by atoms with E-state index in [4.69, 9.17) is 10.00 Å². The fourth-order valence-electron chi connectivity index (χ4n) is 4.77. The largest absolute Gasteiger partial charge is 0.480 e. The van der Waals surface area contributed by atoms with Crippen LogP contribution in [0.3, 0.4) is 0 Å². The number of methoxy groups -OCH3 is 1. The van der Waals surface area contributed by atoms with Gasteiger partial charge in [0.2, 0.25) is 11.9 Å². The van der Waals surface area contributed by atoms with Gasteiger partial charge in [-0.3, -0.25) is 14.5 Å². The van der Waals surface area contributed by atoms with E-state index >= 15 is 0 Å². The first kappa shape index (κ1) is 30.6. The van der Waals surface area contributed by atoms with Crippen LogP contribution in [0, 0.1) is 11.3 Å². The number of amides is 1. The zero-order valence-corrected chi connectivity index (χ0v) is 24.3. The second-order valence-corrected chi connectivity index (χ2v) is 10.2. The van der Waals surface area contributed by atoms with Crippen LogP contribution in [0.2, 0.25) is 0 Å². The fourth-order valence-corrected chi connectivity index (χ4v) is 4.77. The molecular formula is C30H30N10O5. The standard InChI is InChI=1S/C30H30N10O5/c1-45-30-37-28(36-29(38-30)35-23(27(43)44)16-19-5-7-20(17-31)8-6-19)34-22-4-2-3-21(15-22)18-39-11-13-40(14-12-39)26(42)24-25(41)33-10-9-32-24/h2-10,15,23H,11-14,16,18H2,1H3,(H,33,41)(H,43,44)(H2,34,35,36,37,38)/t23-/m0/s1. The quantitative estimate of drug-likeness (QED) is 0.191. The highest BCUT2D eigenvalue weighted by molar-refractivity contribution is 5.92. The Balaban J connectivity index is 1.22. The lowest BCUT2D eigenvalue weighted by Crippen LogP contribution is -2.49. The first-order chi connectivity index (χ1) is 21.8. The molecule has 1 fully saturated rings. The molecule has 0 aliphatic carbocycles. The summed E-state index contributed by atoms with van der Waals surface area (Å²) in [6.45, 7) is 2.82. The summed E-state index contributed by atoms with van der Waals surface area (Å²) in [5.41, 5.74) is 2.30. The van der Waals surface area contributed by atoms with Crippen molar-refractivity contribution in [3.63, 3.8) is 0 Å². The molecule has 0 radical (unpaired) electrons. The second kappa shape index (κ2) is 14.1. The third kappa shape index (κ3) is 7.94. The zero-order valence-electron chi connectivity index (χ0n) is 24.3. The Morgan fingerprint density at radius 2 is 1.82 bits per heavy atom. The van der Waals surface area contributed by atoms with E-state index in [2.05, 4.69) is 40.5 Å². The average Bonchev–Trinajstić information content (AvgIpc) is 3.05. The number of ether oxygens (including phenoxy) is 1. The van der Waals surface area contributed by atoms with Crippen molar-refractivity contribution in [2.75, 3.05) is 43.9 Å². The second-order valence-electron chi connectivity index (χ2n) is 10.2. The van der Waals surface area contributed by atoms with Crippen LogP contribution in [0.25, 0.3) is 0 Å². The molecule has 15 nitrogen and oxygen atoms in total. The van der Waals surface area contributed by atoms with E-state index in [9.17, 15) is 19.5 Å². The Hall–Kier alpha value is -5.88. The zero-order chi connectivity index (χ0) is 31.8. The highest BCUT2D eigenvalue weighted by atomic mass is 16.5. The highest BCUT2D eigenvalue weighted by Crippen LogP contribution is 2.20. The molecule has 5 rings (SSSR count). The van der Waals surface area contributed by atoms with Gasteiger partial charge in [0.05, 0.1) is 18.7 Å². The van der Waals surface area contributed by atoms with Crippen molar-refractivity contribution in [3.8, 4) is 12.1 Å². The number of nitriles is 1. The van der Waals surface area contributed by atoms with Crippen LogP contribution in [0.1, 0.15) is 27.2 Å². The van der Waals surface area contributed by atoms with Crippen LogP contribution in [0.5, 0.6) is 6.01 Å². The fraction of sp³-hybridized carbons (Fsp3) is 0.267. The number of benzene rings is 2. The summed E-state index contributed by atoms with van der Waals surface area (Å²) in [5, 5.41) is 24.8. The van der Waals surface area contributed by atoms with Gasteiger partial charge in [-0.2, -0.15) is 20.2 Å². The number of hydrogen-bond acceptors (Lipinski definition) is 12. The maximum Gasteiger partial charge on any atom is 0.326 e. The van der Waals surface area contributed by atoms with E-state index in [0.29, 0.717) is 44.0 Å². The maximum atomic E-state index is 12.7. The predicted molar refractivity (Wildman–Crippen MR) is 162 cm³/mol. The van der Waals surface area contributed by atoms with Gasteiger partial charge in [-0.05, 0) is 35.4 Å². The SMILES string of the molecule is COc1nc(Nc2cccc(CN3CCN(C(=O)c4ncc[nH]c4=O)CC3)c2)nc(N[C@@H](Cc2ccc(C#N)cc2)C(=O)O)n1. The van der Waals surface area contributed by atoms with E-state index in [-0.39, 0.29) is 35.9 Å². The normalized spacial score (nSPS) is 13.8. The number of carboxylic acids is 1. The molecule has 4 aromatic rings. The molecule has 2 aromatic carbocycles. The summed E-state index contributed by atoms with van der Waals surface area (Å²) < 4.78 is 5.23. The number of nitrogens with one attached hydrogen (secondary N) is 3. The van der Waals surface area contributed by atoms with Gasteiger partial charge in [0, 0.05) is 57.2 Å². The van der Waals surface area contributed by atoms with Crippen LogP contribution in [0.15, 0.2) is 65.7 Å². The van der Waals surface area contributed by atoms with Crippen LogP contribution in [-0.2, 0) is 17.8 Å². The van der Waals surface area contributed by atoms with Crippen molar-refractivity contribution >= 4 is 29.5 Å². The predicted octanol–water partition coefficient (Wildman–Crippen LogP) is 1.64. The lowest BCUT2D eigenvalue weighted by atomic mass is 10.0. The summed E-state index contributed by atoms with van der Waals surface area (Å²) in [6.07, 6.45) is 2.91. The van der Waals surface area contributed by atoms with Crippen molar-refractivity contribution in [1.82, 2.24) is 34.7 Å². The summed E-state index contributed by atoms with van der Waals surface area (Å²) in [4.78, 5) is 59.7. The Bertz CT molecular complexity index is 1760. The third-order valence-electron chi connectivity index (χ3n) is 7.08. The molecule has 15 heteroatoms. The van der Waals surface area contributed by atoms with Crippen molar-refractivity contribution in [3.05, 3.63) is 93.7 Å². The number of aromatic nitrogens is 5. The summed E-state index contributed by atoms with van der Waals surface area (Å²) in [5.74, 6) is -1.31. The molecule has 1 amide bonds. The van der Waals surface area contributed by atoms with E-state index in [1.165, 1.54) is 19.5 Å². The molecule has 1 aliphatic rings. The Kier molecular flexibility index (Phi) is 9.55. The van der Waals surface area contributed by atoms with E-state index in [0.717, 1.165) is 11.1 Å². The van der Waals surface area contributed by atoms with Gasteiger partial charge >= 0.3 is 12.0 Å². The van der Waals surface area contributed by atoms with Crippen molar-refractivity contribution < 1.29 is 19.4 Å². The molecule has 0 saturated carbocycles. The van der Waals surface area contributed by atoms with Crippen LogP contribution >= 0.6 is 0 Å². The van der Waals surface area contributed by atoms with Crippen molar-refractivity contribution in [2.45, 2.75) is 19.0 Å². The van der Waals surface area contributed by atoms with Crippen molar-refractivity contribution in [1.29, 1.82) is 5.26 Å². The minimum atomic E-state index is -1.10. The average molecular weight is 611 g/mol. The monoisotopic (exact) mass is 610 g/mol. The molecule has 0 spiro atoms. The first-order valence-corrected chi connectivity index (χ1v) is 14.0. The number of anilines is 3. The third-order valence-corrected chi connectivity index (χ3v) is 7.08. The number of piperazine rings is 1. The number of aliphatic carboxylic acids is 1. The number of H-pyrrole nitrogens is 1. The number of rotatable bonds is 11. The van der Waals surface area contributed by atoms with Crippen LogP contribution in [0.4, 0.5) is 17.6 Å². The molecule has 2 aromatic heterocycles. The summed E-state index contributed by atoms with van der Waals surface area (Å²) in [7, 11) is 1.40. The summed E-state index contributed by atoms with van der Waals surface area (Å²) >= 11 is 0. The van der Waals surface area contributed by atoms with E-state index in [1.807, 2.05) is 30.3 Å². The van der Waals surface area contributed by atoms with Gasteiger partial charge in [0.15, 0.2) is 5.69 Å². The molecule has 1 saturated heterocycles. The van der Waals surface area contributed by atoms with Gasteiger partial charge in [-0.25, -0.2) is 9.78 Å². The lowest BCUT2D eigenvalue weighted by molar-refractivity contribution is -0.137. The molecule has 1 aliphatic heterocycles. The molecule has 4 N–H and O–H groups in total. The number of carbonyl (C=O) groups excluding carboxylic acids is 1. The summed E-state index contributed by atoms with van der Waals surface area (Å²) in [6, 6.07) is 15.3. The number of carboxylic acid groups (broad SMARTS) is 1. The minimum Gasteiger partial charge on any atom is -0.480 e. The Morgan fingerprint density at radius 1 is 1.07 bits per heavy atom. The number of hydrogen-bond donors (Lipinski definition) is 4. The minimum absolute atomic E-state index is 0.00576. The van der Waals surface area contributed by atoms with E-state index in [1.54, 1.807) is 29.2 Å². The Morgan fingerprint density at radius 3 is 2.51 bits per heavy atom. The van der Waals surface area contributed by atoms with Crippen molar-refractivity contribution in [2.24, 2.45) is 0 Å². The highest BCUT2D eigenvalue weighted by Gasteiger charge is 2.25. The van der Waals surface area contributed by atoms with Gasteiger partial charge in [0.25, 0.3) is 11.5 Å². The van der Waals surface area contributed by atoms with Gasteiger partial charge in [-0.15, -0.1) is 0 Å².